The molecule has 2 aliphatic rings. The van der Waals surface area contributed by atoms with Crippen LogP contribution in [0.15, 0.2) is 53.3 Å². The average Bonchev–Trinajstić information content (AvgIpc) is 3.26. The summed E-state index contributed by atoms with van der Waals surface area (Å²) in [6, 6.07) is 13.1. The Morgan fingerprint density at radius 3 is 2.78 bits per heavy atom. The van der Waals surface area contributed by atoms with Crippen molar-refractivity contribution in [3.63, 3.8) is 0 Å². The van der Waals surface area contributed by atoms with Gasteiger partial charge in [-0.1, -0.05) is 28.9 Å². The van der Waals surface area contributed by atoms with E-state index in [0.717, 1.165) is 22.9 Å². The van der Waals surface area contributed by atoms with E-state index in [0.29, 0.717) is 23.8 Å². The predicted molar refractivity (Wildman–Crippen MR) is 104 cm³/mol. The van der Waals surface area contributed by atoms with Crippen LogP contribution in [0.3, 0.4) is 0 Å². The molecule has 2 fully saturated rings. The summed E-state index contributed by atoms with van der Waals surface area (Å²) < 4.78 is 5.79. The monoisotopic (exact) mass is 380 g/mol. The number of benzene rings is 1. The highest BCUT2D eigenvalue weighted by molar-refractivity contribution is 6.30. The van der Waals surface area contributed by atoms with E-state index in [1.165, 1.54) is 18.4 Å². The van der Waals surface area contributed by atoms with Gasteiger partial charge in [0, 0.05) is 35.1 Å². The number of aromatic nitrogens is 3. The first-order valence-corrected chi connectivity index (χ1v) is 9.80. The summed E-state index contributed by atoms with van der Waals surface area (Å²) in [5.74, 6) is 1.88. The van der Waals surface area contributed by atoms with E-state index < -0.39 is 0 Å². The van der Waals surface area contributed by atoms with Crippen molar-refractivity contribution in [2.75, 3.05) is 7.05 Å². The number of halogens is 1. The average molecular weight is 381 g/mol. The van der Waals surface area contributed by atoms with Crippen LogP contribution in [-0.4, -0.2) is 39.2 Å². The Bertz CT molecular complexity index is 927. The molecule has 5 rings (SSSR count). The summed E-state index contributed by atoms with van der Waals surface area (Å²) >= 11 is 6.11. The zero-order valence-corrected chi connectivity index (χ0v) is 15.9. The van der Waals surface area contributed by atoms with Gasteiger partial charge in [-0.25, -0.2) is 0 Å². The lowest BCUT2D eigenvalue weighted by atomic mass is 9.76. The third-order valence-corrected chi connectivity index (χ3v) is 6.47. The molecule has 2 bridgehead atoms. The number of nitrogens with zero attached hydrogens (tertiary/aromatic N) is 4. The number of fused-ring (bicyclic) bond motifs is 2. The molecule has 0 amide bonds. The maximum atomic E-state index is 6.11. The second-order valence-electron chi connectivity index (χ2n) is 7.58. The molecule has 2 aromatic heterocycles. The Hall–Kier alpha value is -2.24. The van der Waals surface area contributed by atoms with Crippen LogP contribution in [-0.2, 0) is 0 Å². The van der Waals surface area contributed by atoms with Gasteiger partial charge in [0.1, 0.15) is 0 Å². The minimum absolute atomic E-state index is 0.188. The molecule has 1 aromatic carbocycles. The minimum Gasteiger partial charge on any atom is -0.339 e. The number of hydrogen-bond acceptors (Lipinski definition) is 5. The Labute approximate surface area is 163 Å². The van der Waals surface area contributed by atoms with Crippen molar-refractivity contribution in [1.29, 1.82) is 0 Å². The van der Waals surface area contributed by atoms with Crippen molar-refractivity contribution in [2.45, 2.75) is 43.2 Å². The third kappa shape index (κ3) is 2.95. The largest absolute Gasteiger partial charge is 0.339 e. The number of hydrogen-bond donors (Lipinski definition) is 0. The molecular weight excluding hydrogens is 360 g/mol. The molecule has 0 N–H and O–H groups in total. The molecule has 2 aliphatic heterocycles. The highest BCUT2D eigenvalue weighted by atomic mass is 35.5. The molecule has 0 spiro atoms. The third-order valence-electron chi connectivity index (χ3n) is 6.21. The van der Waals surface area contributed by atoms with Gasteiger partial charge in [-0.2, -0.15) is 4.98 Å². The quantitative estimate of drug-likeness (QED) is 0.668. The lowest BCUT2D eigenvalue weighted by Crippen LogP contribution is -2.44. The van der Waals surface area contributed by atoms with Gasteiger partial charge in [-0.3, -0.25) is 9.88 Å². The van der Waals surface area contributed by atoms with Crippen LogP contribution in [0.1, 0.15) is 42.6 Å². The van der Waals surface area contributed by atoms with E-state index >= 15 is 0 Å². The normalized spacial score (nSPS) is 27.8. The molecule has 27 heavy (non-hydrogen) atoms. The summed E-state index contributed by atoms with van der Waals surface area (Å²) in [5.41, 5.74) is 2.18. The van der Waals surface area contributed by atoms with E-state index in [1.54, 1.807) is 12.4 Å². The number of likely N-dealkylation sites (N-methyl/N-ethyl adjacent to an activating group) is 1. The van der Waals surface area contributed by atoms with E-state index in [2.05, 4.69) is 34.2 Å². The van der Waals surface area contributed by atoms with Gasteiger partial charge in [0.2, 0.25) is 11.7 Å². The molecule has 138 valence electrons. The van der Waals surface area contributed by atoms with Gasteiger partial charge < -0.3 is 4.52 Å². The van der Waals surface area contributed by atoms with Crippen molar-refractivity contribution < 1.29 is 4.52 Å². The molecule has 0 aliphatic carbocycles. The molecule has 2 saturated heterocycles. The first-order valence-electron chi connectivity index (χ1n) is 9.42. The fourth-order valence-electron chi connectivity index (χ4n) is 4.84. The summed E-state index contributed by atoms with van der Waals surface area (Å²) in [6.45, 7) is 0. The molecule has 4 heterocycles. The lowest BCUT2D eigenvalue weighted by Gasteiger charge is -2.41. The van der Waals surface area contributed by atoms with Gasteiger partial charge >= 0.3 is 0 Å². The Morgan fingerprint density at radius 1 is 1.15 bits per heavy atom. The van der Waals surface area contributed by atoms with Crippen molar-refractivity contribution in [3.8, 4) is 11.4 Å². The van der Waals surface area contributed by atoms with Gasteiger partial charge in [0.25, 0.3) is 0 Å². The van der Waals surface area contributed by atoms with E-state index in [1.807, 2.05) is 24.3 Å². The highest BCUT2D eigenvalue weighted by Gasteiger charge is 2.48. The molecule has 3 aromatic rings. The number of rotatable bonds is 3. The van der Waals surface area contributed by atoms with E-state index in [9.17, 15) is 0 Å². The minimum atomic E-state index is 0.188. The van der Waals surface area contributed by atoms with Crippen LogP contribution < -0.4 is 0 Å². The van der Waals surface area contributed by atoms with E-state index in [4.69, 9.17) is 21.1 Å². The smallest absolute Gasteiger partial charge is 0.232 e. The predicted octanol–water partition coefficient (Wildman–Crippen LogP) is 4.52. The van der Waals surface area contributed by atoms with Crippen molar-refractivity contribution >= 4 is 11.6 Å². The van der Waals surface area contributed by atoms with Gasteiger partial charge in [0.05, 0.1) is 5.92 Å². The van der Waals surface area contributed by atoms with Crippen molar-refractivity contribution in [1.82, 2.24) is 20.0 Å². The van der Waals surface area contributed by atoms with Crippen LogP contribution in [0.2, 0.25) is 5.02 Å². The Balaban J connectivity index is 1.54. The SMILES string of the molecule is CN1[C@H]2CC[C@@H]1C(c1nc(-c3cccnc3)no1)C(c1ccc(Cl)cc1)C2. The van der Waals surface area contributed by atoms with Crippen LogP contribution in [0, 0.1) is 0 Å². The van der Waals surface area contributed by atoms with Crippen molar-refractivity contribution in [3.05, 3.63) is 65.3 Å². The number of piperidine rings is 1. The maximum absolute atomic E-state index is 6.11. The lowest BCUT2D eigenvalue weighted by molar-refractivity contribution is 0.120. The van der Waals surface area contributed by atoms with Gasteiger partial charge in [0.15, 0.2) is 0 Å². The first kappa shape index (κ1) is 16.9. The van der Waals surface area contributed by atoms with Crippen LogP contribution in [0.4, 0.5) is 0 Å². The molecule has 6 heteroatoms. The number of pyridine rings is 1. The fraction of sp³-hybridized carbons (Fsp3) is 0.381. The zero-order valence-electron chi connectivity index (χ0n) is 15.1. The van der Waals surface area contributed by atoms with Crippen LogP contribution in [0.25, 0.3) is 11.4 Å². The zero-order chi connectivity index (χ0) is 18.4. The fourth-order valence-corrected chi connectivity index (χ4v) is 4.97. The van der Waals surface area contributed by atoms with Gasteiger partial charge in [-0.15, -0.1) is 0 Å². The molecule has 5 nitrogen and oxygen atoms in total. The highest BCUT2D eigenvalue weighted by Crippen LogP contribution is 2.50. The van der Waals surface area contributed by atoms with Gasteiger partial charge in [-0.05, 0) is 62.1 Å². The molecular formula is C21H21ClN4O. The molecule has 4 atom stereocenters. The second kappa shape index (κ2) is 6.73. The molecule has 0 saturated carbocycles. The van der Waals surface area contributed by atoms with Crippen LogP contribution >= 0.6 is 11.6 Å². The summed E-state index contributed by atoms with van der Waals surface area (Å²) in [4.78, 5) is 11.4. The Kier molecular flexibility index (Phi) is 4.21. The standard InChI is InChI=1S/C21H21ClN4O/c1-26-16-8-9-18(26)19(17(11-16)13-4-6-15(22)7-5-13)21-24-20(25-27-21)14-3-2-10-23-12-14/h2-7,10,12,16-19H,8-9,11H2,1H3/t16-,17?,18+,19?/m0/s1. The first-order chi connectivity index (χ1) is 13.2. The second-order valence-corrected chi connectivity index (χ2v) is 8.02. The summed E-state index contributed by atoms with van der Waals surface area (Å²) in [6.07, 6.45) is 7.01. The maximum Gasteiger partial charge on any atom is 0.232 e. The topological polar surface area (TPSA) is 55.1 Å². The van der Waals surface area contributed by atoms with Crippen LogP contribution in [0.5, 0.6) is 0 Å². The molecule has 2 unspecified atom stereocenters. The summed E-state index contributed by atoms with van der Waals surface area (Å²) in [5, 5.41) is 5.01. The summed E-state index contributed by atoms with van der Waals surface area (Å²) in [7, 11) is 2.23. The Morgan fingerprint density at radius 2 is 2.00 bits per heavy atom. The van der Waals surface area contributed by atoms with E-state index in [-0.39, 0.29) is 5.92 Å². The van der Waals surface area contributed by atoms with Crippen molar-refractivity contribution in [2.24, 2.45) is 0 Å². The molecule has 0 radical (unpaired) electrons.